The van der Waals surface area contributed by atoms with Crippen LogP contribution in [0.25, 0.3) is 11.1 Å². The van der Waals surface area contributed by atoms with E-state index in [4.69, 9.17) is 9.72 Å². The van der Waals surface area contributed by atoms with Gasteiger partial charge in [0.25, 0.3) is 5.91 Å². The number of amides is 8. The van der Waals surface area contributed by atoms with Gasteiger partial charge in [0.05, 0.1) is 5.60 Å². The zero-order chi connectivity index (χ0) is 68.2. The van der Waals surface area contributed by atoms with E-state index in [0.29, 0.717) is 30.4 Å². The normalized spacial score (nSPS) is 25.7. The number of hydrogen-bond donors (Lipinski definition) is 4. The number of cyclic esters (lactones) is 1. The molecule has 92 heavy (non-hydrogen) atoms. The second-order valence-electron chi connectivity index (χ2n) is 27.6. The molecule has 4 N–H and O–H groups in total. The lowest BCUT2D eigenvalue weighted by Gasteiger charge is -2.39. The first-order valence-electron chi connectivity index (χ1n) is 33.0. The van der Waals surface area contributed by atoms with Crippen molar-refractivity contribution in [3.05, 3.63) is 84.1 Å². The Labute approximate surface area is 545 Å². The van der Waals surface area contributed by atoms with E-state index in [-0.39, 0.29) is 38.1 Å². The third kappa shape index (κ3) is 18.0. The number of pyridine rings is 1. The molecule has 6 rings (SSSR count). The van der Waals surface area contributed by atoms with Gasteiger partial charge in [-0.15, -0.1) is 0 Å². The Hall–Kier alpha value is -7.46. The number of carbonyl (C=O) groups is 9. The van der Waals surface area contributed by atoms with Crippen LogP contribution in [-0.2, 0) is 60.7 Å². The third-order valence-corrected chi connectivity index (χ3v) is 18.8. The lowest BCUT2D eigenvalue weighted by Crippen LogP contribution is -2.63. The number of nitrogens with one attached hydrogen (secondary N) is 3. The molecular formula is C70H105N11O11. The second-order valence-corrected chi connectivity index (χ2v) is 27.6. The van der Waals surface area contributed by atoms with Gasteiger partial charge in [-0.3, -0.25) is 38.4 Å². The van der Waals surface area contributed by atoms with E-state index in [1.807, 2.05) is 88.5 Å². The molecular weight excluding hydrogens is 1170 g/mol. The number of ether oxygens (including phenoxy) is 1. The number of anilines is 1. The van der Waals surface area contributed by atoms with Crippen LogP contribution < -0.4 is 20.9 Å². The van der Waals surface area contributed by atoms with Gasteiger partial charge in [0, 0.05) is 91.4 Å². The number of fused-ring (bicyclic) bond motifs is 1. The Morgan fingerprint density at radius 1 is 0.587 bits per heavy atom. The number of aromatic nitrogens is 1. The van der Waals surface area contributed by atoms with Crippen LogP contribution >= 0.6 is 0 Å². The average molecular weight is 1280 g/mol. The molecule has 3 aliphatic rings. The number of piperazine rings is 1. The SMILES string of the molecule is CC[C@H](C)[C@@H]1NC(=O)[C@@H]2CCCN2C(=O)[C@H](Cc2cccc(-c3ccc(N4CCN(C)CC4)nc3)c2)N(C)C(=O)[C@H](Cc2ccccc2)NC(=O)[C@H](C(C)C)N(C)C(=O)[C@@H]([C@@H](C)CC)OC(=O)[C@H](C(C)(C)O)N(C)C(=O)[C@H](CC(C)C)NC(=O)[C@H](C(C)C)N(C)C1=O. The number of hydrogen-bond acceptors (Lipinski definition) is 14. The minimum atomic E-state index is -1.99. The molecule has 3 aliphatic heterocycles. The van der Waals surface area contributed by atoms with Crippen molar-refractivity contribution < 1.29 is 53.0 Å². The number of esters is 1. The van der Waals surface area contributed by atoms with Crippen molar-refractivity contribution in [2.45, 2.75) is 188 Å². The molecule has 22 heteroatoms. The summed E-state index contributed by atoms with van der Waals surface area (Å²) in [7, 11) is 7.80. The maximum atomic E-state index is 15.8. The zero-order valence-electron chi connectivity index (χ0n) is 57.6. The number of carbonyl (C=O) groups excluding carboxylic acids is 9. The van der Waals surface area contributed by atoms with Gasteiger partial charge < -0.3 is 60.1 Å². The summed E-state index contributed by atoms with van der Waals surface area (Å²) in [5.41, 5.74) is 1.04. The Balaban J connectivity index is 1.50. The molecule has 11 atom stereocenters. The van der Waals surface area contributed by atoms with Crippen LogP contribution in [0.2, 0.25) is 0 Å². The second kappa shape index (κ2) is 32.4. The van der Waals surface area contributed by atoms with Crippen molar-refractivity contribution in [3.8, 4) is 11.1 Å². The largest absolute Gasteiger partial charge is 0.450 e. The van der Waals surface area contributed by atoms with E-state index in [1.165, 1.54) is 61.6 Å². The van der Waals surface area contributed by atoms with Crippen LogP contribution in [0.4, 0.5) is 5.82 Å². The number of likely N-dealkylation sites (N-methyl/N-ethyl adjacent to an activating group) is 5. The predicted octanol–water partition coefficient (Wildman–Crippen LogP) is 5.19. The quantitative estimate of drug-likeness (QED) is 0.143. The van der Waals surface area contributed by atoms with Gasteiger partial charge in [0.1, 0.15) is 48.1 Å². The fourth-order valence-electron chi connectivity index (χ4n) is 13.0. The average Bonchev–Trinajstić information content (AvgIpc) is 1.31. The monoisotopic (exact) mass is 1280 g/mol. The van der Waals surface area contributed by atoms with E-state index < -0.39 is 137 Å². The summed E-state index contributed by atoms with van der Waals surface area (Å²) >= 11 is 0. The zero-order valence-corrected chi connectivity index (χ0v) is 57.6. The highest BCUT2D eigenvalue weighted by Gasteiger charge is 2.48. The molecule has 4 heterocycles. The van der Waals surface area contributed by atoms with Crippen LogP contribution in [0.5, 0.6) is 0 Å². The summed E-state index contributed by atoms with van der Waals surface area (Å²) in [6.07, 6.45) is 1.72. The lowest BCUT2D eigenvalue weighted by atomic mass is 9.93. The summed E-state index contributed by atoms with van der Waals surface area (Å²) in [5, 5.41) is 20.7. The van der Waals surface area contributed by atoms with E-state index in [9.17, 15) is 19.5 Å². The standard InChI is InChI=1S/C70H105N11O11/c1-18-45(9)56-67(88)77(15)57(43(5)6)62(83)72-51(37-42(3)4)65(86)79(17)60(70(11,12)91)69(90)92-59(46(10)19-2)68(89)78(16)58(44(7)8)63(84)73-52(39-47-25-21-20-22-26-47)64(85)76(14)54(66(87)81-32-24-29-53(81)61(82)74-56)40-48-27-23-28-49(38-48)50-30-31-55(71-41-50)80-35-33-75(13)34-36-80/h20-23,25-28,30-31,38,41-46,51-54,56-60,91H,18-19,24,29,32-37,39-40H2,1-17H3,(H,72,83)(H,73,84)(H,74,82)/t45-,46-,51-,52-,53-,54-,56-,57-,58-,59+,60+/m0/s1. The fourth-order valence-corrected chi connectivity index (χ4v) is 13.0. The van der Waals surface area contributed by atoms with Crippen molar-refractivity contribution >= 4 is 59.0 Å². The molecule has 0 radical (unpaired) electrons. The summed E-state index contributed by atoms with van der Waals surface area (Å²) in [5.74, 6) is -7.99. The van der Waals surface area contributed by atoms with E-state index >= 15 is 28.8 Å². The van der Waals surface area contributed by atoms with Crippen molar-refractivity contribution in [2.75, 3.05) is 72.9 Å². The minimum absolute atomic E-state index is 0.0225. The first kappa shape index (κ1) is 73.6. The van der Waals surface area contributed by atoms with Crippen molar-refractivity contribution in [2.24, 2.45) is 29.6 Å². The highest BCUT2D eigenvalue weighted by atomic mass is 16.6. The van der Waals surface area contributed by atoms with Crippen LogP contribution in [-0.4, -0.2) is 221 Å². The Morgan fingerprint density at radius 3 is 1.72 bits per heavy atom. The Bertz CT molecular complexity index is 3040. The number of nitrogens with zero attached hydrogens (tertiary/aromatic N) is 8. The van der Waals surface area contributed by atoms with Gasteiger partial charge in [0.15, 0.2) is 12.1 Å². The van der Waals surface area contributed by atoms with Crippen LogP contribution in [0.3, 0.4) is 0 Å². The first-order chi connectivity index (χ1) is 43.3. The Morgan fingerprint density at radius 2 is 1.16 bits per heavy atom. The number of rotatable bonds is 15. The van der Waals surface area contributed by atoms with Crippen LogP contribution in [0, 0.1) is 29.6 Å². The molecule has 8 amide bonds. The highest BCUT2D eigenvalue weighted by molar-refractivity contribution is 5.99. The smallest absolute Gasteiger partial charge is 0.332 e. The molecule has 0 aliphatic carbocycles. The van der Waals surface area contributed by atoms with Gasteiger partial charge >= 0.3 is 5.97 Å². The summed E-state index contributed by atoms with van der Waals surface area (Å²) in [4.78, 5) is 152. The molecule has 0 unspecified atom stereocenters. The van der Waals surface area contributed by atoms with Gasteiger partial charge in [-0.2, -0.15) is 0 Å². The summed E-state index contributed by atoms with van der Waals surface area (Å²) in [6.45, 7) is 24.2. The molecule has 506 valence electrons. The van der Waals surface area contributed by atoms with Crippen LogP contribution in [0.1, 0.15) is 126 Å². The van der Waals surface area contributed by atoms with Crippen molar-refractivity contribution in [1.29, 1.82) is 0 Å². The molecule has 0 bridgehead atoms. The molecule has 0 saturated carbocycles. The maximum absolute atomic E-state index is 15.8. The topological polar surface area (TPSA) is 255 Å². The van der Waals surface area contributed by atoms with Gasteiger partial charge in [0.2, 0.25) is 41.4 Å². The van der Waals surface area contributed by atoms with Crippen molar-refractivity contribution in [3.63, 3.8) is 0 Å². The fraction of sp³-hybridized carbons (Fsp3) is 0.629. The van der Waals surface area contributed by atoms with Gasteiger partial charge in [-0.1, -0.05) is 130 Å². The summed E-state index contributed by atoms with van der Waals surface area (Å²) < 4.78 is 6.15. The minimum Gasteiger partial charge on any atom is -0.450 e. The van der Waals surface area contributed by atoms with E-state index in [2.05, 4.69) is 32.8 Å². The third-order valence-electron chi connectivity index (χ3n) is 18.8. The van der Waals surface area contributed by atoms with Crippen molar-refractivity contribution in [1.82, 2.24) is 50.3 Å². The molecule has 22 nitrogen and oxygen atoms in total. The van der Waals surface area contributed by atoms with Gasteiger partial charge in [-0.25, -0.2) is 9.78 Å². The first-order valence-corrected chi connectivity index (χ1v) is 33.0. The molecule has 3 aromatic rings. The maximum Gasteiger partial charge on any atom is 0.332 e. The predicted molar refractivity (Wildman–Crippen MR) is 354 cm³/mol. The number of aliphatic hydroxyl groups is 1. The number of benzene rings is 2. The lowest BCUT2D eigenvalue weighted by molar-refractivity contribution is -0.177. The van der Waals surface area contributed by atoms with Gasteiger partial charge in [-0.05, 0) is 99.1 Å². The summed E-state index contributed by atoms with van der Waals surface area (Å²) in [6, 6.07) is 10.4. The molecule has 3 saturated heterocycles. The Kier molecular flexibility index (Phi) is 25.9. The molecule has 1 aromatic heterocycles. The molecule has 0 spiro atoms. The molecule has 2 aromatic carbocycles. The molecule has 3 fully saturated rings. The highest BCUT2D eigenvalue weighted by Crippen LogP contribution is 2.29. The van der Waals surface area contributed by atoms with E-state index in [0.717, 1.165) is 48.0 Å². The van der Waals surface area contributed by atoms with E-state index in [1.54, 1.807) is 53.7 Å². The van der Waals surface area contributed by atoms with Crippen LogP contribution in [0.15, 0.2) is 72.9 Å².